The molecule has 0 radical (unpaired) electrons. The number of pyridine rings is 1. The Morgan fingerprint density at radius 2 is 2.00 bits per heavy atom. The summed E-state index contributed by atoms with van der Waals surface area (Å²) in [7, 11) is 1.58. The van der Waals surface area contributed by atoms with Crippen LogP contribution in [-0.4, -0.2) is 22.1 Å². The van der Waals surface area contributed by atoms with E-state index in [0.717, 1.165) is 17.7 Å². The van der Waals surface area contributed by atoms with Gasteiger partial charge in [0.1, 0.15) is 11.5 Å². The molecule has 2 aromatic heterocycles. The SMILES string of the molecule is CCc1c(C)nc(-c2cccc(OC)n2)nc1N. The molecule has 0 aromatic carbocycles. The lowest BCUT2D eigenvalue weighted by Gasteiger charge is -2.08. The van der Waals surface area contributed by atoms with Gasteiger partial charge in [0.05, 0.1) is 7.11 Å². The first-order valence-corrected chi connectivity index (χ1v) is 5.80. The van der Waals surface area contributed by atoms with Crippen LogP contribution in [0.3, 0.4) is 0 Å². The first kappa shape index (κ1) is 12.3. The van der Waals surface area contributed by atoms with Gasteiger partial charge in [-0.1, -0.05) is 13.0 Å². The molecule has 94 valence electrons. The van der Waals surface area contributed by atoms with E-state index in [2.05, 4.69) is 15.0 Å². The van der Waals surface area contributed by atoms with Crippen LogP contribution in [0.15, 0.2) is 18.2 Å². The highest BCUT2D eigenvalue weighted by molar-refractivity contribution is 5.55. The standard InChI is InChI=1S/C13H16N4O/c1-4-9-8(2)15-13(17-12(9)14)10-6-5-7-11(16-10)18-3/h5-7H,4H2,1-3H3,(H2,14,15,17). The van der Waals surface area contributed by atoms with Crippen LogP contribution in [0.2, 0.25) is 0 Å². The maximum Gasteiger partial charge on any atom is 0.213 e. The van der Waals surface area contributed by atoms with Crippen molar-refractivity contribution in [2.24, 2.45) is 0 Å². The second-order valence-corrected chi connectivity index (χ2v) is 3.92. The van der Waals surface area contributed by atoms with Crippen molar-refractivity contribution < 1.29 is 4.74 Å². The van der Waals surface area contributed by atoms with Gasteiger partial charge in [-0.25, -0.2) is 15.0 Å². The molecule has 0 aliphatic heterocycles. The normalized spacial score (nSPS) is 10.4. The molecule has 5 nitrogen and oxygen atoms in total. The molecule has 0 aliphatic rings. The summed E-state index contributed by atoms with van der Waals surface area (Å²) in [4.78, 5) is 13.0. The molecule has 0 spiro atoms. The average molecular weight is 244 g/mol. The van der Waals surface area contributed by atoms with Crippen LogP contribution < -0.4 is 10.5 Å². The monoisotopic (exact) mass is 244 g/mol. The summed E-state index contributed by atoms with van der Waals surface area (Å²) in [6.07, 6.45) is 0.823. The molecular formula is C13H16N4O. The van der Waals surface area contributed by atoms with Gasteiger partial charge in [0, 0.05) is 17.3 Å². The molecule has 2 N–H and O–H groups in total. The Hall–Kier alpha value is -2.17. The molecular weight excluding hydrogens is 228 g/mol. The maximum absolute atomic E-state index is 5.93. The third-order valence-corrected chi connectivity index (χ3v) is 2.76. The van der Waals surface area contributed by atoms with Gasteiger partial charge >= 0.3 is 0 Å². The molecule has 0 atom stereocenters. The predicted octanol–water partition coefficient (Wildman–Crippen LogP) is 2.00. The summed E-state index contributed by atoms with van der Waals surface area (Å²) in [5.74, 6) is 1.58. The first-order chi connectivity index (χ1) is 8.65. The molecule has 2 heterocycles. The fraction of sp³-hybridized carbons (Fsp3) is 0.308. The molecule has 0 aliphatic carbocycles. The van der Waals surface area contributed by atoms with Gasteiger partial charge in [-0.15, -0.1) is 0 Å². The van der Waals surface area contributed by atoms with Crippen molar-refractivity contribution in [2.45, 2.75) is 20.3 Å². The van der Waals surface area contributed by atoms with Gasteiger partial charge in [0.15, 0.2) is 5.82 Å². The third kappa shape index (κ3) is 2.25. The van der Waals surface area contributed by atoms with Crippen LogP contribution in [0.4, 0.5) is 5.82 Å². The third-order valence-electron chi connectivity index (χ3n) is 2.76. The summed E-state index contributed by atoms with van der Waals surface area (Å²) < 4.78 is 5.08. The summed E-state index contributed by atoms with van der Waals surface area (Å²) in [6, 6.07) is 5.46. The zero-order valence-corrected chi connectivity index (χ0v) is 10.8. The minimum atomic E-state index is 0.518. The molecule has 18 heavy (non-hydrogen) atoms. The summed E-state index contributed by atoms with van der Waals surface area (Å²) >= 11 is 0. The van der Waals surface area contributed by atoms with E-state index >= 15 is 0 Å². The number of rotatable bonds is 3. The van der Waals surface area contributed by atoms with Gasteiger partial charge < -0.3 is 10.5 Å². The molecule has 0 bridgehead atoms. The van der Waals surface area contributed by atoms with Crippen molar-refractivity contribution in [3.8, 4) is 17.4 Å². The van der Waals surface area contributed by atoms with Gasteiger partial charge in [-0.05, 0) is 19.4 Å². The predicted molar refractivity (Wildman–Crippen MR) is 70.3 cm³/mol. The van der Waals surface area contributed by atoms with Crippen LogP contribution in [0.5, 0.6) is 5.88 Å². The lowest BCUT2D eigenvalue weighted by atomic mass is 10.1. The molecule has 0 unspecified atom stereocenters. The second-order valence-electron chi connectivity index (χ2n) is 3.92. The van der Waals surface area contributed by atoms with E-state index in [0.29, 0.717) is 23.2 Å². The fourth-order valence-corrected chi connectivity index (χ4v) is 1.82. The number of nitrogens with two attached hydrogens (primary N) is 1. The molecule has 2 rings (SSSR count). The van der Waals surface area contributed by atoms with E-state index in [1.54, 1.807) is 13.2 Å². The smallest absolute Gasteiger partial charge is 0.213 e. The van der Waals surface area contributed by atoms with Crippen molar-refractivity contribution in [1.29, 1.82) is 0 Å². The van der Waals surface area contributed by atoms with Gasteiger partial charge in [-0.3, -0.25) is 0 Å². The summed E-state index contributed by atoms with van der Waals surface area (Å²) in [5.41, 5.74) is 8.47. The lowest BCUT2D eigenvalue weighted by Crippen LogP contribution is -2.05. The summed E-state index contributed by atoms with van der Waals surface area (Å²) in [6.45, 7) is 3.96. The molecule has 0 saturated carbocycles. The Bertz CT molecular complexity index is 546. The molecule has 5 heteroatoms. The van der Waals surface area contributed by atoms with Crippen LogP contribution in [0, 0.1) is 6.92 Å². The Morgan fingerprint density at radius 3 is 2.61 bits per heavy atom. The van der Waals surface area contributed by atoms with E-state index in [1.807, 2.05) is 26.0 Å². The van der Waals surface area contributed by atoms with Crippen molar-refractivity contribution >= 4 is 5.82 Å². The minimum absolute atomic E-state index is 0.518. The minimum Gasteiger partial charge on any atom is -0.481 e. The van der Waals surface area contributed by atoms with Crippen molar-refractivity contribution in [2.75, 3.05) is 12.8 Å². The Balaban J connectivity index is 2.51. The van der Waals surface area contributed by atoms with E-state index in [-0.39, 0.29) is 0 Å². The summed E-state index contributed by atoms with van der Waals surface area (Å²) in [5, 5.41) is 0. The second kappa shape index (κ2) is 5.00. The number of nitrogens with zero attached hydrogens (tertiary/aromatic N) is 3. The van der Waals surface area contributed by atoms with Crippen molar-refractivity contribution in [3.05, 3.63) is 29.5 Å². The molecule has 0 fully saturated rings. The van der Waals surface area contributed by atoms with Crippen LogP contribution >= 0.6 is 0 Å². The topological polar surface area (TPSA) is 73.9 Å². The quantitative estimate of drug-likeness (QED) is 0.893. The Morgan fingerprint density at radius 1 is 1.22 bits per heavy atom. The van der Waals surface area contributed by atoms with E-state index in [4.69, 9.17) is 10.5 Å². The first-order valence-electron chi connectivity index (χ1n) is 5.80. The molecule has 0 amide bonds. The maximum atomic E-state index is 5.93. The van der Waals surface area contributed by atoms with Crippen LogP contribution in [-0.2, 0) is 6.42 Å². The highest BCUT2D eigenvalue weighted by Crippen LogP contribution is 2.20. The number of methoxy groups -OCH3 is 1. The number of hydrogen-bond acceptors (Lipinski definition) is 5. The van der Waals surface area contributed by atoms with Gasteiger partial charge in [0.2, 0.25) is 5.88 Å². The number of nitrogen functional groups attached to an aromatic ring is 1. The van der Waals surface area contributed by atoms with E-state index in [9.17, 15) is 0 Å². The number of ether oxygens (including phenoxy) is 1. The number of aryl methyl sites for hydroxylation is 1. The number of hydrogen-bond donors (Lipinski definition) is 1. The van der Waals surface area contributed by atoms with Crippen molar-refractivity contribution in [1.82, 2.24) is 15.0 Å². The van der Waals surface area contributed by atoms with Gasteiger partial charge in [0.25, 0.3) is 0 Å². The van der Waals surface area contributed by atoms with Gasteiger partial charge in [-0.2, -0.15) is 0 Å². The van der Waals surface area contributed by atoms with Crippen LogP contribution in [0.25, 0.3) is 11.5 Å². The number of aromatic nitrogens is 3. The zero-order chi connectivity index (χ0) is 13.1. The Labute approximate surface area is 106 Å². The van der Waals surface area contributed by atoms with Crippen molar-refractivity contribution in [3.63, 3.8) is 0 Å². The fourth-order valence-electron chi connectivity index (χ4n) is 1.82. The number of anilines is 1. The highest BCUT2D eigenvalue weighted by atomic mass is 16.5. The molecule has 0 saturated heterocycles. The largest absolute Gasteiger partial charge is 0.481 e. The highest BCUT2D eigenvalue weighted by Gasteiger charge is 2.10. The van der Waals surface area contributed by atoms with Crippen LogP contribution in [0.1, 0.15) is 18.2 Å². The molecule has 2 aromatic rings. The van der Waals surface area contributed by atoms with E-state index < -0.39 is 0 Å². The average Bonchev–Trinajstić information content (AvgIpc) is 2.38. The van der Waals surface area contributed by atoms with E-state index in [1.165, 1.54) is 0 Å². The zero-order valence-electron chi connectivity index (χ0n) is 10.8. The lowest BCUT2D eigenvalue weighted by molar-refractivity contribution is 0.398. The Kier molecular flexibility index (Phi) is 3.41.